The van der Waals surface area contributed by atoms with Gasteiger partial charge in [-0.15, -0.1) is 0 Å². The molecule has 4 aliphatic rings. The fourth-order valence-electron chi connectivity index (χ4n) is 5.73. The van der Waals surface area contributed by atoms with Crippen molar-refractivity contribution in [3.63, 3.8) is 0 Å². The Kier molecular flexibility index (Phi) is 10.3. The van der Waals surface area contributed by atoms with Gasteiger partial charge in [-0.1, -0.05) is 0 Å². The molecule has 16 nitrogen and oxygen atoms in total. The van der Waals surface area contributed by atoms with Gasteiger partial charge in [0.25, 0.3) is 0 Å². The topological polar surface area (TPSA) is 282 Å². The number of nitrogens with one attached hydrogen (secondary N) is 3. The highest BCUT2D eigenvalue weighted by atomic mass is 16.7. The Hall–Kier alpha value is -1.54. The minimum absolute atomic E-state index is 0.103. The molecule has 0 aromatic carbocycles. The van der Waals surface area contributed by atoms with Crippen LogP contribution in [0.1, 0.15) is 39.0 Å². The molecule has 0 amide bonds. The van der Waals surface area contributed by atoms with Gasteiger partial charge < -0.3 is 72.9 Å². The summed E-state index contributed by atoms with van der Waals surface area (Å²) in [5.74, 6) is 0.202. The first-order chi connectivity index (χ1) is 19.3. The van der Waals surface area contributed by atoms with Crippen LogP contribution in [0, 0.1) is 5.41 Å². The monoisotopic (exact) mass is 588 g/mol. The van der Waals surface area contributed by atoms with Crippen molar-refractivity contribution in [2.24, 2.45) is 27.9 Å². The lowest BCUT2D eigenvalue weighted by Gasteiger charge is -2.49. The summed E-state index contributed by atoms with van der Waals surface area (Å²) < 4.78 is 24.1. The maximum Gasteiger partial charge on any atom is 0.185 e. The van der Waals surface area contributed by atoms with E-state index in [1.807, 2.05) is 0 Å². The fourth-order valence-corrected chi connectivity index (χ4v) is 5.73. The van der Waals surface area contributed by atoms with E-state index >= 15 is 0 Å². The molecule has 2 aliphatic heterocycles. The van der Waals surface area contributed by atoms with Crippen molar-refractivity contribution >= 4 is 11.7 Å². The molecule has 16 heteroatoms. The van der Waals surface area contributed by atoms with Crippen LogP contribution in [0.3, 0.4) is 0 Å². The largest absolute Gasteiger partial charge is 0.388 e. The van der Waals surface area contributed by atoms with E-state index in [4.69, 9.17) is 47.3 Å². The van der Waals surface area contributed by atoms with Gasteiger partial charge in [0.05, 0.1) is 43.9 Å². The van der Waals surface area contributed by atoms with Gasteiger partial charge in [-0.2, -0.15) is 0 Å². The number of aliphatic imine (C=N–C) groups is 1. The third kappa shape index (κ3) is 7.34. The van der Waals surface area contributed by atoms with E-state index in [0.29, 0.717) is 31.5 Å². The summed E-state index contributed by atoms with van der Waals surface area (Å²) in [4.78, 5) is 4.22. The van der Waals surface area contributed by atoms with E-state index in [9.17, 15) is 20.4 Å². The average Bonchev–Trinajstić information content (AvgIpc) is 3.68. The summed E-state index contributed by atoms with van der Waals surface area (Å²) in [5.41, 5.74) is 21.4. The molecule has 15 N–H and O–H groups in total. The van der Waals surface area contributed by atoms with Crippen molar-refractivity contribution in [3.8, 4) is 0 Å². The van der Waals surface area contributed by atoms with Crippen LogP contribution in [0.2, 0.25) is 0 Å². The normalized spacial score (nSPS) is 44.8. The predicted octanol–water partition coefficient (Wildman–Crippen LogP) is -4.49. The molecule has 0 aromatic heterocycles. The van der Waals surface area contributed by atoms with Gasteiger partial charge in [0.1, 0.15) is 47.3 Å². The van der Waals surface area contributed by atoms with Gasteiger partial charge in [-0.25, -0.2) is 0 Å². The Morgan fingerprint density at radius 1 is 1.07 bits per heavy atom. The zero-order valence-corrected chi connectivity index (χ0v) is 23.7. The maximum atomic E-state index is 11.6. The summed E-state index contributed by atoms with van der Waals surface area (Å²) in [7, 11) is 1.60. The fraction of sp³-hybridized carbons (Fsp3) is 0.920. The Morgan fingerprint density at radius 2 is 1.76 bits per heavy atom. The van der Waals surface area contributed by atoms with Gasteiger partial charge in [-0.05, 0) is 46.1 Å². The summed E-state index contributed by atoms with van der Waals surface area (Å²) in [5, 5.41) is 57.8. The zero-order chi connectivity index (χ0) is 30.1. The minimum Gasteiger partial charge on any atom is -0.388 e. The number of aliphatic hydroxyl groups is 4. The van der Waals surface area contributed by atoms with Crippen molar-refractivity contribution < 1.29 is 39.4 Å². The standard InChI is InChI=1S/C25H48N8O8/c1-24(36)10-38-22(17(35)20(24)31-2)41-19-14(33-23(30)25(37)5-6-25)7-13(28)18(16(19)34)40-21-12(27)4-3-11(39-21)9-32-15(29)8-26/h11-14,16-22,31,34-37H,3-10,26-28H2,1-2H3,(H2,29,32)(H2,30,33)/t11-,12?,13-,14+,16?,17?,18?,19?,20+,21+,22+,24?/m0/s1. The third-order valence-corrected chi connectivity index (χ3v) is 8.47. The van der Waals surface area contributed by atoms with E-state index in [1.54, 1.807) is 7.05 Å². The Bertz CT molecular complexity index is 939. The molecular formula is C25H48N8O8. The van der Waals surface area contributed by atoms with Crippen molar-refractivity contribution in [3.05, 3.63) is 0 Å². The number of amidine groups is 2. The van der Waals surface area contributed by atoms with Crippen molar-refractivity contribution in [1.82, 2.24) is 10.6 Å². The highest BCUT2D eigenvalue weighted by Gasteiger charge is 2.53. The first-order valence-electron chi connectivity index (χ1n) is 14.2. The van der Waals surface area contributed by atoms with Crippen LogP contribution in [-0.2, 0) is 18.9 Å². The van der Waals surface area contributed by atoms with Crippen LogP contribution in [0.25, 0.3) is 0 Å². The van der Waals surface area contributed by atoms with Gasteiger partial charge in [-0.3, -0.25) is 10.4 Å². The lowest BCUT2D eigenvalue weighted by molar-refractivity contribution is -0.307. The SMILES string of the molecule is CN[C@@H]1C(O)[C@@H](OC2C(O)C(O[C@H]3O[C@H](CN=C(N)CN)CCC3N)[C@@H](N)C[C@H]2NC(=N)C2(O)CC2)OCC1(C)O. The second-order valence-electron chi connectivity index (χ2n) is 11.9. The molecule has 236 valence electrons. The minimum atomic E-state index is -1.37. The highest BCUT2D eigenvalue weighted by Crippen LogP contribution is 2.37. The predicted molar refractivity (Wildman–Crippen MR) is 148 cm³/mol. The number of rotatable bonds is 10. The number of hydrogen-bond acceptors (Lipinski definition) is 14. The van der Waals surface area contributed by atoms with Crippen molar-refractivity contribution in [2.75, 3.05) is 26.7 Å². The second-order valence-corrected chi connectivity index (χ2v) is 11.9. The number of nitrogens with zero attached hydrogens (tertiary/aromatic N) is 1. The first kappa shape index (κ1) is 32.4. The van der Waals surface area contributed by atoms with Crippen molar-refractivity contribution in [1.29, 1.82) is 5.41 Å². The number of hydrogen-bond donors (Lipinski definition) is 11. The lowest BCUT2D eigenvalue weighted by Crippen LogP contribution is -2.69. The highest BCUT2D eigenvalue weighted by molar-refractivity contribution is 5.90. The Labute approximate surface area is 239 Å². The summed E-state index contributed by atoms with van der Waals surface area (Å²) >= 11 is 0. The Balaban J connectivity index is 1.50. The molecule has 41 heavy (non-hydrogen) atoms. The number of likely N-dealkylation sites (N-methyl/N-ethyl adjacent to an activating group) is 1. The molecule has 2 heterocycles. The molecule has 0 bridgehead atoms. The van der Waals surface area contributed by atoms with Crippen LogP contribution < -0.4 is 33.6 Å². The molecule has 2 saturated heterocycles. The summed E-state index contributed by atoms with van der Waals surface area (Å²) in [6, 6.07) is -2.73. The molecule has 6 unspecified atom stereocenters. The molecule has 0 spiro atoms. The van der Waals surface area contributed by atoms with Crippen LogP contribution in [0.5, 0.6) is 0 Å². The molecule has 0 radical (unpaired) electrons. The van der Waals surface area contributed by atoms with Crippen LogP contribution in [-0.4, -0.2) is 137 Å². The number of ether oxygens (including phenoxy) is 4. The first-order valence-corrected chi connectivity index (χ1v) is 14.2. The summed E-state index contributed by atoms with van der Waals surface area (Å²) in [6.45, 7) is 1.81. The van der Waals surface area contributed by atoms with Crippen LogP contribution in [0.15, 0.2) is 4.99 Å². The van der Waals surface area contributed by atoms with Crippen LogP contribution >= 0.6 is 0 Å². The second kappa shape index (κ2) is 13.0. The number of nitrogens with two attached hydrogens (primary N) is 4. The number of aliphatic hydroxyl groups excluding tert-OH is 2. The molecule has 2 aliphatic carbocycles. The van der Waals surface area contributed by atoms with E-state index in [-0.39, 0.29) is 38.1 Å². The van der Waals surface area contributed by atoms with Crippen molar-refractivity contribution in [2.45, 2.75) is 117 Å². The van der Waals surface area contributed by atoms with Gasteiger partial charge >= 0.3 is 0 Å². The molecular weight excluding hydrogens is 540 g/mol. The van der Waals surface area contributed by atoms with E-state index in [2.05, 4.69) is 15.6 Å². The zero-order valence-electron chi connectivity index (χ0n) is 23.7. The van der Waals surface area contributed by atoms with Crippen LogP contribution in [0.4, 0.5) is 0 Å². The average molecular weight is 589 g/mol. The molecule has 12 atom stereocenters. The van der Waals surface area contributed by atoms with E-state index < -0.39 is 72.4 Å². The van der Waals surface area contributed by atoms with Gasteiger partial charge in [0.2, 0.25) is 0 Å². The van der Waals surface area contributed by atoms with E-state index in [0.717, 1.165) is 0 Å². The van der Waals surface area contributed by atoms with E-state index in [1.165, 1.54) is 6.92 Å². The molecule has 0 aromatic rings. The summed E-state index contributed by atoms with van der Waals surface area (Å²) in [6.07, 6.45) is -4.90. The molecule has 2 saturated carbocycles. The van der Waals surface area contributed by atoms with Gasteiger partial charge in [0, 0.05) is 6.04 Å². The van der Waals surface area contributed by atoms with Gasteiger partial charge in [0.15, 0.2) is 12.6 Å². The third-order valence-electron chi connectivity index (χ3n) is 8.47. The lowest BCUT2D eigenvalue weighted by atomic mass is 9.83. The molecule has 4 rings (SSSR count). The molecule has 4 fully saturated rings. The smallest absolute Gasteiger partial charge is 0.185 e. The Morgan fingerprint density at radius 3 is 2.39 bits per heavy atom. The quantitative estimate of drug-likeness (QED) is 0.0848. The maximum absolute atomic E-state index is 11.6.